The molecule has 1 radical (unpaired) electrons. The number of hydrogen-bond acceptors (Lipinski definition) is 3. The molecule has 0 spiro atoms. The van der Waals surface area contributed by atoms with Crippen LogP contribution in [0.15, 0.2) is 126 Å². The van der Waals surface area contributed by atoms with Gasteiger partial charge in [0.05, 0.1) is 5.58 Å². The third-order valence-corrected chi connectivity index (χ3v) is 11.3. The third-order valence-electron chi connectivity index (χ3n) is 11.3. The molecule has 0 aliphatic heterocycles. The fourth-order valence-corrected chi connectivity index (χ4v) is 9.40. The Morgan fingerprint density at radius 2 is 1.41 bits per heavy atom. The predicted octanol–water partition coefficient (Wildman–Crippen LogP) is 16.6. The van der Waals surface area contributed by atoms with E-state index in [9.17, 15) is 1.37 Å². The van der Waals surface area contributed by atoms with Gasteiger partial charge in [-0.3, -0.25) is 0 Å². The van der Waals surface area contributed by atoms with E-state index in [1.807, 2.05) is 54.7 Å². The Bertz CT molecular complexity index is 3220. The fraction of sp³-hybridized carbons (Fsp3) is 0.356. The first kappa shape index (κ1) is 36.4. The molecule has 9 rings (SSSR count). The third kappa shape index (κ3) is 10.7. The van der Waals surface area contributed by atoms with Gasteiger partial charge in [0.15, 0.2) is 0 Å². The molecule has 327 valence electrons. The van der Waals surface area contributed by atoms with Gasteiger partial charge in [-0.05, 0) is 99.1 Å². The maximum absolute atomic E-state index is 9.51. The van der Waals surface area contributed by atoms with E-state index in [2.05, 4.69) is 87.3 Å². The van der Waals surface area contributed by atoms with E-state index < -0.39 is 36.3 Å². The van der Waals surface area contributed by atoms with Crippen molar-refractivity contribution in [2.24, 2.45) is 21.7 Å². The van der Waals surface area contributed by atoms with Crippen LogP contribution in [0.2, 0.25) is 0 Å². The van der Waals surface area contributed by atoms with Crippen molar-refractivity contribution in [2.75, 3.05) is 0 Å². The van der Waals surface area contributed by atoms with E-state index in [0.29, 0.717) is 16.8 Å². The molecule has 5 aromatic carbocycles. The zero-order valence-electron chi connectivity index (χ0n) is 46.3. The first-order chi connectivity index (χ1) is 32.4. The Balaban J connectivity index is 0.000000206. The van der Waals surface area contributed by atoms with Gasteiger partial charge in [0.25, 0.3) is 0 Å². The normalized spacial score (nSPS) is 18.3. The molecule has 3 nitrogen and oxygen atoms in total. The summed E-state index contributed by atoms with van der Waals surface area (Å²) >= 11 is 0. The summed E-state index contributed by atoms with van der Waals surface area (Å²) in [5, 5.41) is 4.45. The molecule has 0 N–H and O–H groups in total. The second-order valence-electron chi connectivity index (χ2n) is 20.7. The minimum atomic E-state index is -2.34. The van der Waals surface area contributed by atoms with Crippen LogP contribution >= 0.6 is 0 Å². The largest absolute Gasteiger partial charge is 0.500 e. The minimum absolute atomic E-state index is 0. The summed E-state index contributed by atoms with van der Waals surface area (Å²) in [6.07, 6.45) is 2.37. The first-order valence-corrected chi connectivity index (χ1v) is 21.8. The Morgan fingerprint density at radius 3 is 2.13 bits per heavy atom. The van der Waals surface area contributed by atoms with Crippen molar-refractivity contribution in [2.45, 2.75) is 114 Å². The van der Waals surface area contributed by atoms with Crippen molar-refractivity contribution >= 4 is 32.7 Å². The smallest absolute Gasteiger partial charge is 0.128 e. The fourth-order valence-electron chi connectivity index (χ4n) is 9.40. The van der Waals surface area contributed by atoms with Crippen LogP contribution in [0.3, 0.4) is 0 Å². The van der Waals surface area contributed by atoms with Crippen molar-refractivity contribution in [3.63, 3.8) is 0 Å². The average Bonchev–Trinajstić information content (AvgIpc) is 3.67. The zero-order chi connectivity index (χ0) is 51.0. The molecule has 1 fully saturated rings. The van der Waals surface area contributed by atoms with Crippen molar-refractivity contribution in [3.05, 3.63) is 156 Å². The van der Waals surface area contributed by atoms with Crippen LogP contribution in [0.1, 0.15) is 128 Å². The Kier molecular flexibility index (Phi) is 10.4. The molecular weight excluding hydrogens is 945 g/mol. The van der Waals surface area contributed by atoms with Crippen LogP contribution < -0.4 is 0 Å². The first-order valence-electron chi connectivity index (χ1n) is 25.8. The minimum Gasteiger partial charge on any atom is -0.500 e. The van der Waals surface area contributed by atoms with Crippen LogP contribution in [0.25, 0.3) is 66.4 Å². The average molecular weight is 1020 g/mol. The number of nitrogens with zero attached hydrogens (tertiary/aromatic N) is 2. The number of aromatic nitrogens is 2. The molecule has 4 heteroatoms. The van der Waals surface area contributed by atoms with E-state index in [-0.39, 0.29) is 47.6 Å². The summed E-state index contributed by atoms with van der Waals surface area (Å²) in [6.45, 7) is 17.6. The van der Waals surface area contributed by atoms with Gasteiger partial charge in [-0.15, -0.1) is 47.5 Å². The molecule has 3 heterocycles. The molecule has 0 unspecified atom stereocenters. The molecule has 1 aliphatic rings. The quantitative estimate of drug-likeness (QED) is 0.156. The van der Waals surface area contributed by atoms with Gasteiger partial charge >= 0.3 is 0 Å². The van der Waals surface area contributed by atoms with Gasteiger partial charge in [0.1, 0.15) is 5.58 Å². The Labute approximate surface area is 401 Å². The molecule has 0 bridgehead atoms. The number of hydrogen-bond donors (Lipinski definition) is 0. The van der Waals surface area contributed by atoms with Crippen molar-refractivity contribution in [3.8, 4) is 33.6 Å². The van der Waals surface area contributed by atoms with Crippen molar-refractivity contribution in [1.82, 2.24) is 9.97 Å². The van der Waals surface area contributed by atoms with Crippen molar-refractivity contribution in [1.29, 1.82) is 0 Å². The second-order valence-corrected chi connectivity index (χ2v) is 20.7. The summed E-state index contributed by atoms with van der Waals surface area (Å²) in [5.41, 5.74) is 5.84. The zero-order valence-corrected chi connectivity index (χ0v) is 40.7. The molecule has 1 saturated carbocycles. The van der Waals surface area contributed by atoms with E-state index >= 15 is 0 Å². The number of rotatable bonds is 6. The number of pyridine rings is 2. The van der Waals surface area contributed by atoms with E-state index in [4.69, 9.17) is 19.0 Å². The van der Waals surface area contributed by atoms with Gasteiger partial charge in [0.2, 0.25) is 0 Å². The molecule has 8 aromatic rings. The van der Waals surface area contributed by atoms with Crippen LogP contribution in [0, 0.1) is 40.6 Å². The molecule has 0 saturated heterocycles. The second kappa shape index (κ2) is 17.9. The van der Waals surface area contributed by atoms with E-state index in [1.54, 1.807) is 53.7 Å². The SMILES string of the molecule is [2H]C([2H])([2H])c1c[c-]c(-c2cc(C([2H])([2H])C(C)(C)C)c(C([2H])([2H])C(C)(C)C)cn2)cc1-c1ccccc1.[2H]C1(c2ccnc(-c3[c-]ccc4c3oc3c5ccccc5ccc43)c2)CC(C)(C)CC(C)(C)C1.[Ir]. The number of furan rings is 1. The van der Waals surface area contributed by atoms with E-state index in [0.717, 1.165) is 69.0 Å². The van der Waals surface area contributed by atoms with Crippen molar-refractivity contribution < 1.29 is 35.5 Å². The van der Waals surface area contributed by atoms with Gasteiger partial charge in [-0.25, -0.2) is 0 Å². The summed E-state index contributed by atoms with van der Waals surface area (Å²) in [6, 6.07) is 41.2. The summed E-state index contributed by atoms with van der Waals surface area (Å²) < 4.78 is 75.6. The maximum atomic E-state index is 9.51. The summed E-state index contributed by atoms with van der Waals surface area (Å²) in [4.78, 5) is 9.25. The van der Waals surface area contributed by atoms with Gasteiger partial charge in [-0.1, -0.05) is 177 Å². The van der Waals surface area contributed by atoms with Crippen LogP contribution in [0.5, 0.6) is 0 Å². The van der Waals surface area contributed by atoms with Crippen LogP contribution in [-0.2, 0) is 32.9 Å². The summed E-state index contributed by atoms with van der Waals surface area (Å²) in [7, 11) is 0. The monoisotopic (exact) mass is 1020 g/mol. The molecule has 3 aromatic heterocycles. The van der Waals surface area contributed by atoms with Gasteiger partial charge in [0, 0.05) is 54.2 Å². The number of aryl methyl sites for hydroxylation is 1. The molecule has 63 heavy (non-hydrogen) atoms. The van der Waals surface area contributed by atoms with Crippen LogP contribution in [0.4, 0.5) is 0 Å². The topological polar surface area (TPSA) is 38.9 Å². The Hall–Kier alpha value is -4.89. The standard InChI is InChI=1S/C31H30NO.C28H34N.Ir/c1-30(2)17-22(18-31(3,4)19-30)21-14-15-32-27(16-21)26-11-7-10-24-25-13-12-20-8-5-6-9-23(20)28(25)33-29(24)26;1-20-13-14-22(15-25(20)21-11-9-8-10-12-21)26-16-23(17-27(2,3)4)24(19-29-26)18-28(5,6)7;/h5-10,12-16,22H,17-19H2,1-4H3;8-13,15-16,19H,17-18H2,1-7H3;/q2*-1;/i22D;1D3,17D2,18D2;. The number of fused-ring (bicyclic) bond motifs is 5. The summed E-state index contributed by atoms with van der Waals surface area (Å²) in [5.74, 6) is -0.638. The molecule has 0 atom stereocenters. The number of benzene rings is 5. The molecule has 1 aliphatic carbocycles. The Morgan fingerprint density at radius 1 is 0.730 bits per heavy atom. The van der Waals surface area contributed by atoms with Crippen LogP contribution in [-0.4, -0.2) is 9.97 Å². The molecular formula is C59H64IrN2O-2. The predicted molar refractivity (Wildman–Crippen MR) is 262 cm³/mol. The van der Waals surface area contributed by atoms with Gasteiger partial charge in [-0.2, -0.15) is 0 Å². The van der Waals surface area contributed by atoms with Gasteiger partial charge < -0.3 is 14.4 Å². The molecule has 0 amide bonds. The maximum Gasteiger partial charge on any atom is 0.128 e. The van der Waals surface area contributed by atoms with E-state index in [1.165, 1.54) is 17.6 Å².